The number of carbonyl (C=O) groups excluding carboxylic acids is 1. The number of nitrogens with zero attached hydrogens (tertiary/aromatic N) is 5. The van der Waals surface area contributed by atoms with E-state index in [-0.39, 0.29) is 24.3 Å². The molecule has 1 unspecified atom stereocenters. The minimum atomic E-state index is -4.37. The van der Waals surface area contributed by atoms with Crippen molar-refractivity contribution in [2.45, 2.75) is 50.6 Å². The van der Waals surface area contributed by atoms with E-state index < -0.39 is 29.8 Å². The van der Waals surface area contributed by atoms with Crippen LogP contribution in [0.1, 0.15) is 36.7 Å². The number of carboxylic acid groups (broad SMARTS) is 1. The maximum Gasteiger partial charge on any atom is 0.412 e. The summed E-state index contributed by atoms with van der Waals surface area (Å²) in [6.07, 6.45) is 0.945. The largest absolute Gasteiger partial charge is 0.476 e. The fourth-order valence-electron chi connectivity index (χ4n) is 5.01. The maximum absolute atomic E-state index is 13.5. The van der Waals surface area contributed by atoms with Crippen molar-refractivity contribution >= 4 is 12.0 Å². The Bertz CT molecular complexity index is 986. The SMILES string of the molecule is C[C@@H]1CC[C@@H](N)N1C1CC(C(F)(F)F)=CC=C1CN1CCN(C(=O)n2ccc(C(=O)O)n2)CC1. The van der Waals surface area contributed by atoms with E-state index in [0.717, 1.165) is 23.1 Å². The molecule has 1 aromatic rings. The average molecular weight is 483 g/mol. The molecule has 0 aromatic carbocycles. The van der Waals surface area contributed by atoms with Crippen LogP contribution in [0.2, 0.25) is 0 Å². The lowest BCUT2D eigenvalue weighted by atomic mass is 9.90. The van der Waals surface area contributed by atoms with Crippen molar-refractivity contribution in [3.8, 4) is 0 Å². The summed E-state index contributed by atoms with van der Waals surface area (Å²) in [6.45, 7) is 4.39. The van der Waals surface area contributed by atoms with Gasteiger partial charge in [-0.25, -0.2) is 9.59 Å². The fraction of sp³-hybridized carbons (Fsp3) is 0.591. The van der Waals surface area contributed by atoms with E-state index >= 15 is 0 Å². The van der Waals surface area contributed by atoms with E-state index in [1.54, 1.807) is 11.0 Å². The Balaban J connectivity index is 1.42. The van der Waals surface area contributed by atoms with Crippen LogP contribution < -0.4 is 5.73 Å². The van der Waals surface area contributed by atoms with Crippen molar-refractivity contribution in [2.75, 3.05) is 32.7 Å². The normalized spacial score (nSPS) is 27.0. The molecule has 1 aromatic heterocycles. The molecule has 34 heavy (non-hydrogen) atoms. The molecule has 0 radical (unpaired) electrons. The lowest BCUT2D eigenvalue weighted by Gasteiger charge is -2.41. The molecular weight excluding hydrogens is 453 g/mol. The Hall–Kier alpha value is -2.70. The fourth-order valence-corrected chi connectivity index (χ4v) is 5.01. The molecule has 3 N–H and O–H groups in total. The molecule has 3 atom stereocenters. The molecule has 2 saturated heterocycles. The molecule has 3 heterocycles. The number of carbonyl (C=O) groups is 2. The number of hydrogen-bond acceptors (Lipinski definition) is 6. The molecule has 0 spiro atoms. The Kier molecular flexibility index (Phi) is 6.83. The molecule has 1 amide bonds. The molecule has 3 aliphatic rings. The maximum atomic E-state index is 13.5. The van der Waals surface area contributed by atoms with E-state index in [9.17, 15) is 22.8 Å². The number of aromatic carboxylic acids is 1. The van der Waals surface area contributed by atoms with Crippen molar-refractivity contribution < 1.29 is 27.9 Å². The summed E-state index contributed by atoms with van der Waals surface area (Å²) in [5.41, 5.74) is 6.43. The summed E-state index contributed by atoms with van der Waals surface area (Å²) in [4.78, 5) is 29.3. The minimum Gasteiger partial charge on any atom is -0.476 e. The monoisotopic (exact) mass is 482 g/mol. The van der Waals surface area contributed by atoms with Gasteiger partial charge in [0.25, 0.3) is 0 Å². The number of rotatable bonds is 4. The second-order valence-electron chi connectivity index (χ2n) is 9.09. The topological polar surface area (TPSA) is 108 Å². The highest BCUT2D eigenvalue weighted by Gasteiger charge is 2.42. The summed E-state index contributed by atoms with van der Waals surface area (Å²) in [6, 6.07) is 0.554. The summed E-state index contributed by atoms with van der Waals surface area (Å²) in [7, 11) is 0. The molecule has 2 aliphatic heterocycles. The second kappa shape index (κ2) is 9.51. The molecule has 2 fully saturated rings. The van der Waals surface area contributed by atoms with Gasteiger partial charge in [-0.2, -0.15) is 23.0 Å². The number of halogens is 3. The number of nitrogens with two attached hydrogens (primary N) is 1. The number of likely N-dealkylation sites (tertiary alicyclic amines) is 1. The van der Waals surface area contributed by atoms with Crippen LogP contribution in [-0.2, 0) is 0 Å². The van der Waals surface area contributed by atoms with Crippen molar-refractivity contribution in [1.82, 2.24) is 24.5 Å². The van der Waals surface area contributed by atoms with Gasteiger partial charge in [-0.3, -0.25) is 9.80 Å². The summed E-state index contributed by atoms with van der Waals surface area (Å²) in [5.74, 6) is -1.21. The Morgan fingerprint density at radius 3 is 2.44 bits per heavy atom. The first kappa shape index (κ1) is 24.4. The van der Waals surface area contributed by atoms with Crippen LogP contribution in [0.4, 0.5) is 18.0 Å². The van der Waals surface area contributed by atoms with E-state index in [0.29, 0.717) is 32.7 Å². The standard InChI is InChI=1S/C22H29F3N6O3/c1-14-2-5-19(26)31(14)18-12-16(22(23,24)25)4-3-15(18)13-28-8-10-29(11-9-28)21(34)30-7-6-17(27-30)20(32)33/h3-4,6-7,14,18-19H,2,5,8-13,26H2,1H3,(H,32,33)/t14-,18?,19+/m1/s1. The van der Waals surface area contributed by atoms with Crippen molar-refractivity contribution in [1.29, 1.82) is 0 Å². The predicted octanol–water partition coefficient (Wildman–Crippen LogP) is 2.12. The molecule has 0 saturated carbocycles. The Morgan fingerprint density at radius 2 is 1.88 bits per heavy atom. The summed E-state index contributed by atoms with van der Waals surface area (Å²) < 4.78 is 41.4. The van der Waals surface area contributed by atoms with Crippen LogP contribution in [0.15, 0.2) is 35.6 Å². The number of hydrogen-bond donors (Lipinski definition) is 2. The van der Waals surface area contributed by atoms with Crippen molar-refractivity contribution in [3.05, 3.63) is 41.3 Å². The van der Waals surface area contributed by atoms with E-state index in [4.69, 9.17) is 10.8 Å². The van der Waals surface area contributed by atoms with Gasteiger partial charge < -0.3 is 15.7 Å². The van der Waals surface area contributed by atoms with Crippen LogP contribution >= 0.6 is 0 Å². The zero-order chi connectivity index (χ0) is 24.6. The van der Waals surface area contributed by atoms with Gasteiger partial charge in [-0.15, -0.1) is 0 Å². The lowest BCUT2D eigenvalue weighted by molar-refractivity contribution is -0.0962. The molecule has 186 valence electrons. The Morgan fingerprint density at radius 1 is 1.18 bits per heavy atom. The number of aromatic nitrogens is 2. The van der Waals surface area contributed by atoms with Gasteiger partial charge in [-0.1, -0.05) is 12.2 Å². The highest BCUT2D eigenvalue weighted by Crippen LogP contribution is 2.38. The first-order valence-corrected chi connectivity index (χ1v) is 11.3. The van der Waals surface area contributed by atoms with Crippen LogP contribution in [-0.4, -0.2) is 98.7 Å². The second-order valence-corrected chi connectivity index (χ2v) is 9.09. The zero-order valence-electron chi connectivity index (χ0n) is 18.9. The number of alkyl halides is 3. The van der Waals surface area contributed by atoms with Gasteiger partial charge in [0.2, 0.25) is 0 Å². The number of allylic oxidation sites excluding steroid dienone is 2. The number of amides is 1. The third kappa shape index (κ3) is 5.03. The summed E-state index contributed by atoms with van der Waals surface area (Å²) >= 11 is 0. The molecule has 9 nitrogen and oxygen atoms in total. The zero-order valence-corrected chi connectivity index (χ0v) is 18.9. The Labute approximate surface area is 195 Å². The highest BCUT2D eigenvalue weighted by atomic mass is 19.4. The van der Waals surface area contributed by atoms with Crippen LogP contribution in [0.25, 0.3) is 0 Å². The summed E-state index contributed by atoms with van der Waals surface area (Å²) in [5, 5.41) is 12.8. The first-order valence-electron chi connectivity index (χ1n) is 11.3. The highest BCUT2D eigenvalue weighted by molar-refractivity contribution is 5.86. The van der Waals surface area contributed by atoms with Gasteiger partial charge >= 0.3 is 18.2 Å². The van der Waals surface area contributed by atoms with Gasteiger partial charge in [0.15, 0.2) is 5.69 Å². The third-order valence-electron chi connectivity index (χ3n) is 6.89. The van der Waals surface area contributed by atoms with Gasteiger partial charge in [0.1, 0.15) is 0 Å². The first-order chi connectivity index (χ1) is 16.0. The lowest BCUT2D eigenvalue weighted by Crippen LogP contribution is -2.53. The number of piperazine rings is 1. The quantitative estimate of drug-likeness (QED) is 0.677. The minimum absolute atomic E-state index is 0.107. The molecule has 12 heteroatoms. The molecule has 4 rings (SSSR count). The van der Waals surface area contributed by atoms with Gasteiger partial charge in [0, 0.05) is 56.6 Å². The number of carboxylic acids is 1. The van der Waals surface area contributed by atoms with Crippen molar-refractivity contribution in [3.63, 3.8) is 0 Å². The van der Waals surface area contributed by atoms with Crippen LogP contribution in [0, 0.1) is 0 Å². The smallest absolute Gasteiger partial charge is 0.412 e. The van der Waals surface area contributed by atoms with E-state index in [2.05, 4.69) is 10.00 Å². The molecule has 0 bridgehead atoms. The van der Waals surface area contributed by atoms with Crippen LogP contribution in [0.5, 0.6) is 0 Å². The van der Waals surface area contributed by atoms with E-state index in [1.807, 2.05) is 11.8 Å². The van der Waals surface area contributed by atoms with Gasteiger partial charge in [-0.05, 0) is 37.8 Å². The van der Waals surface area contributed by atoms with Gasteiger partial charge in [0.05, 0.1) is 6.17 Å². The third-order valence-corrected chi connectivity index (χ3v) is 6.89. The predicted molar refractivity (Wildman–Crippen MR) is 117 cm³/mol. The van der Waals surface area contributed by atoms with Crippen LogP contribution in [0.3, 0.4) is 0 Å². The van der Waals surface area contributed by atoms with E-state index in [1.165, 1.54) is 18.3 Å². The molecular formula is C22H29F3N6O3. The average Bonchev–Trinajstić information content (AvgIpc) is 3.41. The van der Waals surface area contributed by atoms with Crippen molar-refractivity contribution in [2.24, 2.45) is 5.73 Å². The molecule has 1 aliphatic carbocycles.